The van der Waals surface area contributed by atoms with Gasteiger partial charge in [-0.25, -0.2) is 0 Å². The fourth-order valence-electron chi connectivity index (χ4n) is 3.42. The lowest BCUT2D eigenvalue weighted by molar-refractivity contribution is -0.143. The number of hydrogen-bond acceptors (Lipinski definition) is 8. The van der Waals surface area contributed by atoms with Crippen LogP contribution >= 0.6 is 0 Å². The van der Waals surface area contributed by atoms with Gasteiger partial charge < -0.3 is 14.0 Å². The van der Waals surface area contributed by atoms with E-state index in [1.807, 2.05) is 50.2 Å². The number of carbonyl (C=O) groups is 1. The highest BCUT2D eigenvalue weighted by Crippen LogP contribution is 2.28. The number of benzene rings is 2. The average molecular weight is 447 g/mol. The van der Waals surface area contributed by atoms with Crippen LogP contribution < -0.4 is 4.74 Å². The Bertz CT molecular complexity index is 1310. The zero-order valence-corrected chi connectivity index (χ0v) is 19.0. The summed E-state index contributed by atoms with van der Waals surface area (Å²) >= 11 is 0. The maximum Gasteiger partial charge on any atom is 0.327 e. The number of rotatable bonds is 8. The molecule has 4 aromatic rings. The second kappa shape index (κ2) is 9.64. The molecule has 0 aliphatic rings. The molecule has 2 heterocycles. The molecule has 0 spiro atoms. The summed E-state index contributed by atoms with van der Waals surface area (Å²) in [6, 6.07) is 11.3. The summed E-state index contributed by atoms with van der Waals surface area (Å²) in [5.41, 5.74) is 3.20. The van der Waals surface area contributed by atoms with Gasteiger partial charge in [0.2, 0.25) is 5.82 Å². The van der Waals surface area contributed by atoms with Crippen molar-refractivity contribution in [1.29, 1.82) is 0 Å². The average Bonchev–Trinajstić information content (AvgIpc) is 3.42. The lowest BCUT2D eigenvalue weighted by atomic mass is 10.1. The number of hydrogen-bond donors (Lipinski definition) is 0. The van der Waals surface area contributed by atoms with E-state index in [-0.39, 0.29) is 18.6 Å². The summed E-state index contributed by atoms with van der Waals surface area (Å²) in [5.74, 6) is 1.26. The minimum absolute atomic E-state index is 0.0476. The highest BCUT2D eigenvalue weighted by molar-refractivity contribution is 5.86. The standard InChI is InChI=1S/C24H25N5O4/c1-5-31-22(30)14-29-20-8-6-16(10-18(20)13-26-29)23-27-24(33-28-23)17-7-9-21(32-15(2)3)19(11-17)12-25-4/h6-13,15H,5,14H2,1-4H3. The number of fused-ring (bicyclic) bond motifs is 1. The highest BCUT2D eigenvalue weighted by atomic mass is 16.5. The predicted molar refractivity (Wildman–Crippen MR) is 124 cm³/mol. The highest BCUT2D eigenvalue weighted by Gasteiger charge is 2.15. The molecule has 0 amide bonds. The topological polar surface area (TPSA) is 105 Å². The van der Waals surface area contributed by atoms with Gasteiger partial charge in [0.1, 0.15) is 12.3 Å². The Balaban J connectivity index is 1.60. The Morgan fingerprint density at radius 1 is 1.21 bits per heavy atom. The molecule has 0 saturated heterocycles. The summed E-state index contributed by atoms with van der Waals surface area (Å²) in [7, 11) is 1.71. The molecule has 0 N–H and O–H groups in total. The van der Waals surface area contributed by atoms with Gasteiger partial charge in [-0.15, -0.1) is 0 Å². The molecular weight excluding hydrogens is 422 g/mol. The minimum Gasteiger partial charge on any atom is -0.490 e. The molecule has 0 bridgehead atoms. The maximum atomic E-state index is 11.8. The number of esters is 1. The molecule has 0 radical (unpaired) electrons. The second-order valence-corrected chi connectivity index (χ2v) is 7.61. The monoisotopic (exact) mass is 447 g/mol. The first-order chi connectivity index (χ1) is 16.0. The number of carbonyl (C=O) groups excluding carboxylic acids is 1. The summed E-state index contributed by atoms with van der Waals surface area (Å²) in [6.45, 7) is 6.12. The van der Waals surface area contributed by atoms with Crippen LogP contribution in [0.2, 0.25) is 0 Å². The summed E-state index contributed by atoms with van der Waals surface area (Å²) in [4.78, 5) is 20.5. The number of aliphatic imine (C=N–C) groups is 1. The third kappa shape index (κ3) is 4.92. The normalized spacial score (nSPS) is 11.5. The van der Waals surface area contributed by atoms with Gasteiger partial charge in [-0.05, 0) is 57.2 Å². The van der Waals surface area contributed by atoms with Crippen molar-refractivity contribution < 1.29 is 18.8 Å². The number of ether oxygens (including phenoxy) is 2. The van der Waals surface area contributed by atoms with E-state index in [1.54, 1.807) is 31.1 Å². The molecule has 33 heavy (non-hydrogen) atoms. The van der Waals surface area contributed by atoms with E-state index in [0.29, 0.717) is 18.3 Å². The van der Waals surface area contributed by atoms with E-state index in [0.717, 1.165) is 33.3 Å². The van der Waals surface area contributed by atoms with Crippen molar-refractivity contribution >= 4 is 23.1 Å². The third-order valence-electron chi connectivity index (χ3n) is 4.80. The zero-order valence-electron chi connectivity index (χ0n) is 19.0. The molecule has 0 saturated carbocycles. The fourth-order valence-corrected chi connectivity index (χ4v) is 3.42. The van der Waals surface area contributed by atoms with Gasteiger partial charge in [0.05, 0.1) is 24.4 Å². The molecule has 2 aromatic heterocycles. The van der Waals surface area contributed by atoms with Gasteiger partial charge in [-0.2, -0.15) is 10.1 Å². The van der Waals surface area contributed by atoms with Gasteiger partial charge in [0, 0.05) is 35.3 Å². The van der Waals surface area contributed by atoms with Crippen LogP contribution in [0.3, 0.4) is 0 Å². The van der Waals surface area contributed by atoms with Gasteiger partial charge in [-0.1, -0.05) is 5.16 Å². The summed E-state index contributed by atoms with van der Waals surface area (Å²) in [5, 5.41) is 9.29. The Kier molecular flexibility index (Phi) is 6.48. The third-order valence-corrected chi connectivity index (χ3v) is 4.80. The molecule has 170 valence electrons. The van der Waals surface area contributed by atoms with E-state index in [2.05, 4.69) is 20.2 Å². The van der Waals surface area contributed by atoms with Crippen LogP contribution in [0.25, 0.3) is 33.7 Å². The smallest absolute Gasteiger partial charge is 0.327 e. The van der Waals surface area contributed by atoms with Gasteiger partial charge in [0.25, 0.3) is 5.89 Å². The minimum atomic E-state index is -0.327. The predicted octanol–water partition coefficient (Wildman–Crippen LogP) is 4.15. The number of nitrogens with zero attached hydrogens (tertiary/aromatic N) is 5. The van der Waals surface area contributed by atoms with E-state index < -0.39 is 0 Å². The number of aromatic nitrogens is 4. The van der Waals surface area contributed by atoms with Crippen LogP contribution in [0.4, 0.5) is 0 Å². The lowest BCUT2D eigenvalue weighted by Crippen LogP contribution is -2.14. The van der Waals surface area contributed by atoms with Crippen molar-refractivity contribution in [2.75, 3.05) is 13.7 Å². The Morgan fingerprint density at radius 3 is 2.79 bits per heavy atom. The zero-order chi connectivity index (χ0) is 23.4. The van der Waals surface area contributed by atoms with Crippen molar-refractivity contribution in [2.45, 2.75) is 33.4 Å². The van der Waals surface area contributed by atoms with E-state index in [9.17, 15) is 4.79 Å². The van der Waals surface area contributed by atoms with Crippen molar-refractivity contribution in [1.82, 2.24) is 19.9 Å². The summed E-state index contributed by atoms with van der Waals surface area (Å²) < 4.78 is 18.0. The maximum absolute atomic E-state index is 11.8. The summed E-state index contributed by atoms with van der Waals surface area (Å²) in [6.07, 6.45) is 3.48. The molecule has 0 atom stereocenters. The molecule has 0 fully saturated rings. The van der Waals surface area contributed by atoms with Crippen LogP contribution in [-0.2, 0) is 16.1 Å². The van der Waals surface area contributed by atoms with Gasteiger partial charge >= 0.3 is 5.97 Å². The van der Waals surface area contributed by atoms with Crippen LogP contribution in [0.5, 0.6) is 5.75 Å². The molecule has 2 aromatic carbocycles. The van der Waals surface area contributed by atoms with Crippen molar-refractivity contribution in [2.24, 2.45) is 4.99 Å². The quantitative estimate of drug-likeness (QED) is 0.295. The van der Waals surface area contributed by atoms with E-state index in [1.165, 1.54) is 0 Å². The molecule has 0 unspecified atom stereocenters. The molecule has 4 rings (SSSR count). The largest absolute Gasteiger partial charge is 0.490 e. The van der Waals surface area contributed by atoms with Gasteiger partial charge in [-0.3, -0.25) is 14.5 Å². The van der Waals surface area contributed by atoms with Crippen LogP contribution in [0.15, 0.2) is 52.1 Å². The van der Waals surface area contributed by atoms with Crippen LogP contribution in [0, 0.1) is 0 Å². The first-order valence-electron chi connectivity index (χ1n) is 10.7. The van der Waals surface area contributed by atoms with Crippen LogP contribution in [-0.4, -0.2) is 51.9 Å². The SMILES string of the molecule is CCOC(=O)Cn1ncc2cc(-c3noc(-c4ccc(OC(C)C)c(C=NC)c4)n3)ccc21. The van der Waals surface area contributed by atoms with Crippen molar-refractivity contribution in [3.8, 4) is 28.6 Å². The molecule has 0 aliphatic carbocycles. The Labute approximate surface area is 191 Å². The van der Waals surface area contributed by atoms with Crippen molar-refractivity contribution in [3.05, 3.63) is 48.2 Å². The van der Waals surface area contributed by atoms with Crippen LogP contribution in [0.1, 0.15) is 26.3 Å². The first-order valence-corrected chi connectivity index (χ1v) is 10.7. The molecular formula is C24H25N5O4. The van der Waals surface area contributed by atoms with Crippen molar-refractivity contribution in [3.63, 3.8) is 0 Å². The lowest BCUT2D eigenvalue weighted by Gasteiger charge is -2.12. The molecule has 9 heteroatoms. The fraction of sp³-hybridized carbons (Fsp3) is 0.292. The molecule has 9 nitrogen and oxygen atoms in total. The molecule has 0 aliphatic heterocycles. The first kappa shape index (κ1) is 22.2. The van der Waals surface area contributed by atoms with Gasteiger partial charge in [0.15, 0.2) is 0 Å². The van der Waals surface area contributed by atoms with E-state index in [4.69, 9.17) is 14.0 Å². The second-order valence-electron chi connectivity index (χ2n) is 7.61. The Morgan fingerprint density at radius 2 is 2.03 bits per heavy atom. The van der Waals surface area contributed by atoms with E-state index >= 15 is 0 Å². The Hall–Kier alpha value is -4.01.